The van der Waals surface area contributed by atoms with Crippen molar-refractivity contribution in [2.75, 3.05) is 0 Å². The monoisotopic (exact) mass is 304 g/mol. The Balaban J connectivity index is 2.23. The van der Waals surface area contributed by atoms with Crippen LogP contribution in [0, 0.1) is 5.82 Å². The highest BCUT2D eigenvalue weighted by Gasteiger charge is 2.17. The molecule has 0 saturated carbocycles. The first-order chi connectivity index (χ1) is 8.61. The van der Waals surface area contributed by atoms with Gasteiger partial charge in [-0.1, -0.05) is 29.3 Å². The van der Waals surface area contributed by atoms with Crippen LogP contribution in [-0.2, 0) is 6.42 Å². The molecular formula is C12H11Cl2FN2S. The lowest BCUT2D eigenvalue weighted by Crippen LogP contribution is -2.29. The summed E-state index contributed by atoms with van der Waals surface area (Å²) >= 11 is 13.6. The summed E-state index contributed by atoms with van der Waals surface area (Å²) in [6, 6.07) is 6.01. The van der Waals surface area contributed by atoms with Gasteiger partial charge in [-0.15, -0.1) is 11.3 Å². The molecule has 0 aliphatic heterocycles. The number of hydrazine groups is 1. The first kappa shape index (κ1) is 13.8. The number of benzene rings is 1. The quantitative estimate of drug-likeness (QED) is 0.663. The van der Waals surface area contributed by atoms with Crippen molar-refractivity contribution in [2.24, 2.45) is 5.84 Å². The van der Waals surface area contributed by atoms with Gasteiger partial charge >= 0.3 is 0 Å². The van der Waals surface area contributed by atoms with Crippen LogP contribution in [0.2, 0.25) is 10.0 Å². The van der Waals surface area contributed by atoms with Crippen molar-refractivity contribution in [1.29, 1.82) is 0 Å². The van der Waals surface area contributed by atoms with E-state index in [9.17, 15) is 4.39 Å². The van der Waals surface area contributed by atoms with E-state index >= 15 is 0 Å². The van der Waals surface area contributed by atoms with Crippen molar-refractivity contribution in [3.63, 3.8) is 0 Å². The third kappa shape index (κ3) is 3.02. The lowest BCUT2D eigenvalue weighted by atomic mass is 10.0. The number of thiophene rings is 1. The summed E-state index contributed by atoms with van der Waals surface area (Å²) in [6.07, 6.45) is 0.551. The SMILES string of the molecule is NNC(Cc1ccc(F)cc1Cl)c1sccc1Cl. The predicted molar refractivity (Wildman–Crippen MR) is 74.5 cm³/mol. The van der Waals surface area contributed by atoms with Crippen molar-refractivity contribution in [3.8, 4) is 0 Å². The zero-order chi connectivity index (χ0) is 13.1. The minimum absolute atomic E-state index is 0.138. The number of halogens is 3. The smallest absolute Gasteiger partial charge is 0.124 e. The summed E-state index contributed by atoms with van der Waals surface area (Å²) in [4.78, 5) is 0.944. The van der Waals surface area contributed by atoms with E-state index in [2.05, 4.69) is 5.43 Å². The maximum atomic E-state index is 13.0. The van der Waals surface area contributed by atoms with Crippen LogP contribution in [0.3, 0.4) is 0 Å². The molecule has 2 aromatic rings. The molecule has 3 N–H and O–H groups in total. The zero-order valence-corrected chi connectivity index (χ0v) is 11.6. The van der Waals surface area contributed by atoms with Gasteiger partial charge in [-0.25, -0.2) is 4.39 Å². The molecule has 0 aliphatic rings. The van der Waals surface area contributed by atoms with Gasteiger partial charge < -0.3 is 0 Å². The fraction of sp³-hybridized carbons (Fsp3) is 0.167. The fourth-order valence-corrected chi connectivity index (χ4v) is 3.18. The Kier molecular flexibility index (Phi) is 4.59. The minimum Gasteiger partial charge on any atom is -0.271 e. The van der Waals surface area contributed by atoms with E-state index in [0.29, 0.717) is 16.5 Å². The maximum Gasteiger partial charge on any atom is 0.124 e. The van der Waals surface area contributed by atoms with Gasteiger partial charge in [-0.05, 0) is 35.6 Å². The molecule has 2 rings (SSSR count). The van der Waals surface area contributed by atoms with Gasteiger partial charge in [0.05, 0.1) is 11.1 Å². The molecule has 6 heteroatoms. The molecule has 0 bridgehead atoms. The number of nitrogens with two attached hydrogens (primary N) is 1. The Morgan fingerprint density at radius 1 is 1.28 bits per heavy atom. The summed E-state index contributed by atoms with van der Waals surface area (Å²) in [7, 11) is 0. The molecule has 1 heterocycles. The highest BCUT2D eigenvalue weighted by molar-refractivity contribution is 7.10. The van der Waals surface area contributed by atoms with E-state index in [-0.39, 0.29) is 11.9 Å². The average Bonchev–Trinajstić information content (AvgIpc) is 2.75. The maximum absolute atomic E-state index is 13.0. The summed E-state index contributed by atoms with van der Waals surface area (Å²) < 4.78 is 13.0. The highest BCUT2D eigenvalue weighted by atomic mass is 35.5. The Morgan fingerprint density at radius 2 is 2.06 bits per heavy atom. The minimum atomic E-state index is -0.352. The van der Waals surface area contributed by atoms with Crippen molar-refractivity contribution in [3.05, 3.63) is 55.9 Å². The molecule has 1 atom stereocenters. The van der Waals surface area contributed by atoms with Gasteiger partial charge in [0, 0.05) is 9.90 Å². The standard InChI is InChI=1S/C12H11Cl2FN2S/c13-9-3-4-18-12(9)11(17-16)5-7-1-2-8(15)6-10(7)14/h1-4,6,11,17H,5,16H2. The summed E-state index contributed by atoms with van der Waals surface area (Å²) in [5.74, 6) is 5.19. The summed E-state index contributed by atoms with van der Waals surface area (Å²) in [5, 5.41) is 2.96. The van der Waals surface area contributed by atoms with Crippen molar-refractivity contribution < 1.29 is 4.39 Å². The van der Waals surface area contributed by atoms with Crippen LogP contribution >= 0.6 is 34.5 Å². The highest BCUT2D eigenvalue weighted by Crippen LogP contribution is 2.31. The Bertz CT molecular complexity index is 545. The second-order valence-corrected chi connectivity index (χ2v) is 5.55. The number of hydrogen-bond donors (Lipinski definition) is 2. The molecule has 96 valence electrons. The van der Waals surface area contributed by atoms with Crippen LogP contribution in [0.25, 0.3) is 0 Å². The van der Waals surface area contributed by atoms with Gasteiger partial charge in [0.15, 0.2) is 0 Å². The molecule has 18 heavy (non-hydrogen) atoms. The Hall–Kier alpha value is -0.650. The van der Waals surface area contributed by atoms with Crippen LogP contribution in [0.4, 0.5) is 4.39 Å². The first-order valence-corrected chi connectivity index (χ1v) is 6.88. The third-order valence-corrected chi connectivity index (χ3v) is 4.43. The van der Waals surface area contributed by atoms with Crippen LogP contribution in [-0.4, -0.2) is 0 Å². The molecule has 0 aliphatic carbocycles. The van der Waals surface area contributed by atoms with Gasteiger partial charge in [-0.3, -0.25) is 11.3 Å². The van der Waals surface area contributed by atoms with Crippen molar-refractivity contribution in [2.45, 2.75) is 12.5 Å². The van der Waals surface area contributed by atoms with E-state index in [1.165, 1.54) is 23.5 Å². The van der Waals surface area contributed by atoms with Crippen LogP contribution in [0.1, 0.15) is 16.5 Å². The van der Waals surface area contributed by atoms with Gasteiger partial charge in [0.1, 0.15) is 5.82 Å². The molecule has 0 saturated heterocycles. The van der Waals surface area contributed by atoms with Crippen molar-refractivity contribution >= 4 is 34.5 Å². The van der Waals surface area contributed by atoms with E-state index in [4.69, 9.17) is 29.0 Å². The summed E-state index contributed by atoms with van der Waals surface area (Å²) in [5.41, 5.74) is 3.53. The Labute approximate surface area is 118 Å². The average molecular weight is 305 g/mol. The van der Waals surface area contributed by atoms with E-state index in [1.54, 1.807) is 6.07 Å². The Morgan fingerprint density at radius 3 is 2.61 bits per heavy atom. The molecule has 1 aromatic heterocycles. The van der Waals surface area contributed by atoms with E-state index in [1.807, 2.05) is 11.4 Å². The largest absolute Gasteiger partial charge is 0.271 e. The van der Waals surface area contributed by atoms with Crippen LogP contribution in [0.5, 0.6) is 0 Å². The molecule has 1 unspecified atom stereocenters. The fourth-order valence-electron chi connectivity index (χ4n) is 1.69. The molecule has 2 nitrogen and oxygen atoms in total. The molecule has 0 fully saturated rings. The number of rotatable bonds is 4. The zero-order valence-electron chi connectivity index (χ0n) is 9.29. The summed E-state index contributed by atoms with van der Waals surface area (Å²) in [6.45, 7) is 0. The van der Waals surface area contributed by atoms with Crippen molar-refractivity contribution in [1.82, 2.24) is 5.43 Å². The van der Waals surface area contributed by atoms with Gasteiger partial charge in [-0.2, -0.15) is 0 Å². The second-order valence-electron chi connectivity index (χ2n) is 3.79. The van der Waals surface area contributed by atoms with Crippen LogP contribution in [0.15, 0.2) is 29.6 Å². The first-order valence-electron chi connectivity index (χ1n) is 5.24. The van der Waals surface area contributed by atoms with Gasteiger partial charge in [0.25, 0.3) is 0 Å². The molecule has 0 spiro atoms. The predicted octanol–water partition coefficient (Wildman–Crippen LogP) is 3.94. The lowest BCUT2D eigenvalue weighted by molar-refractivity contribution is 0.559. The van der Waals surface area contributed by atoms with Crippen LogP contribution < -0.4 is 11.3 Å². The molecular weight excluding hydrogens is 294 g/mol. The molecule has 1 aromatic carbocycles. The van der Waals surface area contributed by atoms with E-state index < -0.39 is 0 Å². The van der Waals surface area contributed by atoms with E-state index in [0.717, 1.165) is 10.4 Å². The van der Waals surface area contributed by atoms with Gasteiger partial charge in [0.2, 0.25) is 0 Å². The molecule has 0 amide bonds. The number of nitrogens with one attached hydrogen (secondary N) is 1. The third-order valence-electron chi connectivity index (χ3n) is 2.60. The lowest BCUT2D eigenvalue weighted by Gasteiger charge is -2.16. The number of hydrogen-bond acceptors (Lipinski definition) is 3. The topological polar surface area (TPSA) is 38.0 Å². The molecule has 0 radical (unpaired) electrons. The normalized spacial score (nSPS) is 12.7. The second kappa shape index (κ2) is 5.99.